The van der Waals surface area contributed by atoms with E-state index in [9.17, 15) is 4.39 Å². The molecule has 0 spiro atoms. The molecule has 3 nitrogen and oxygen atoms in total. The third kappa shape index (κ3) is 3.04. The average molecular weight is 259 g/mol. The lowest BCUT2D eigenvalue weighted by molar-refractivity contribution is 0.359. The lowest BCUT2D eigenvalue weighted by Crippen LogP contribution is -2.18. The fourth-order valence-corrected chi connectivity index (χ4v) is 2.32. The van der Waals surface area contributed by atoms with Gasteiger partial charge in [-0.2, -0.15) is 0 Å². The fraction of sp³-hybridized carbons (Fsp3) is 0.500. The molecule has 0 heterocycles. The Labute approximate surface area is 105 Å². The first-order chi connectivity index (χ1) is 8.04. The zero-order valence-electron chi connectivity index (χ0n) is 10.5. The van der Waals surface area contributed by atoms with Crippen LogP contribution >= 0.6 is 11.8 Å². The summed E-state index contributed by atoms with van der Waals surface area (Å²) in [7, 11) is 2.98. The predicted molar refractivity (Wildman–Crippen MR) is 68.6 cm³/mol. The quantitative estimate of drug-likeness (QED) is 0.825. The van der Waals surface area contributed by atoms with Gasteiger partial charge in [0.2, 0.25) is 0 Å². The van der Waals surface area contributed by atoms with Crippen molar-refractivity contribution < 1.29 is 13.9 Å². The number of nitrogens with two attached hydrogens (primary N) is 1. The Morgan fingerprint density at radius 2 is 2.06 bits per heavy atom. The summed E-state index contributed by atoms with van der Waals surface area (Å²) in [5.74, 6) is 0.397. The molecule has 96 valence electrons. The zero-order valence-corrected chi connectivity index (χ0v) is 11.4. The lowest BCUT2D eigenvalue weighted by Gasteiger charge is -2.16. The van der Waals surface area contributed by atoms with Crippen LogP contribution in [0.25, 0.3) is 0 Å². The van der Waals surface area contributed by atoms with Gasteiger partial charge in [-0.25, -0.2) is 4.39 Å². The molecule has 5 heteroatoms. The molecule has 1 rings (SSSR count). The summed E-state index contributed by atoms with van der Waals surface area (Å²) in [6.45, 7) is 1.87. The Bertz CT molecular complexity index is 397. The third-order valence-corrected chi connectivity index (χ3v) is 3.18. The molecule has 0 aliphatic rings. The number of benzene rings is 1. The Balaban J connectivity index is 3.34. The van der Waals surface area contributed by atoms with E-state index in [1.807, 2.05) is 6.92 Å². The summed E-state index contributed by atoms with van der Waals surface area (Å²) in [6, 6.07) is 1.73. The van der Waals surface area contributed by atoms with E-state index in [2.05, 4.69) is 0 Å². The van der Waals surface area contributed by atoms with Crippen molar-refractivity contribution in [2.24, 2.45) is 5.73 Å². The van der Waals surface area contributed by atoms with Gasteiger partial charge in [0.1, 0.15) is 5.75 Å². The number of ether oxygens (including phenoxy) is 2. The van der Waals surface area contributed by atoms with Crippen LogP contribution in [-0.4, -0.2) is 26.5 Å². The van der Waals surface area contributed by atoms with Crippen molar-refractivity contribution in [3.63, 3.8) is 0 Å². The van der Waals surface area contributed by atoms with Crippen LogP contribution in [0.2, 0.25) is 0 Å². The Hall–Kier alpha value is -0.940. The minimum Gasteiger partial charge on any atom is -0.495 e. The Morgan fingerprint density at radius 1 is 1.41 bits per heavy atom. The minimum atomic E-state index is -0.380. The normalized spacial score (nSPS) is 12.4. The molecule has 0 aromatic heterocycles. The van der Waals surface area contributed by atoms with E-state index in [1.54, 1.807) is 12.3 Å². The molecule has 0 fully saturated rings. The van der Waals surface area contributed by atoms with Crippen LogP contribution in [0.15, 0.2) is 11.0 Å². The highest BCUT2D eigenvalue weighted by atomic mass is 32.2. The highest BCUT2D eigenvalue weighted by molar-refractivity contribution is 7.98. The van der Waals surface area contributed by atoms with Gasteiger partial charge in [-0.3, -0.25) is 0 Å². The summed E-state index contributed by atoms with van der Waals surface area (Å²) in [5, 5.41) is 0. The summed E-state index contributed by atoms with van der Waals surface area (Å²) in [5.41, 5.74) is 6.47. The van der Waals surface area contributed by atoms with Crippen molar-refractivity contribution in [1.29, 1.82) is 0 Å². The molecule has 1 aromatic carbocycles. The SMILES string of the molecule is COc1cc(CC(C)N)c(OC)c(F)c1SC. The average Bonchev–Trinajstić information content (AvgIpc) is 2.28. The monoisotopic (exact) mass is 259 g/mol. The second-order valence-corrected chi connectivity index (χ2v) is 4.62. The van der Waals surface area contributed by atoms with Crippen molar-refractivity contribution in [3.05, 3.63) is 17.4 Å². The van der Waals surface area contributed by atoms with Gasteiger partial charge in [0.05, 0.1) is 19.1 Å². The Kier molecular flexibility index (Phi) is 5.08. The molecular weight excluding hydrogens is 241 g/mol. The minimum absolute atomic E-state index is 0.0619. The van der Waals surface area contributed by atoms with Crippen LogP contribution < -0.4 is 15.2 Å². The van der Waals surface area contributed by atoms with E-state index in [0.717, 1.165) is 5.56 Å². The molecule has 1 atom stereocenters. The number of hydrogen-bond donors (Lipinski definition) is 1. The van der Waals surface area contributed by atoms with Gasteiger partial charge in [0, 0.05) is 11.6 Å². The fourth-order valence-electron chi connectivity index (χ4n) is 1.70. The molecule has 0 radical (unpaired) electrons. The van der Waals surface area contributed by atoms with Gasteiger partial charge in [-0.05, 0) is 25.7 Å². The van der Waals surface area contributed by atoms with Gasteiger partial charge < -0.3 is 15.2 Å². The molecule has 1 aromatic rings. The largest absolute Gasteiger partial charge is 0.495 e. The van der Waals surface area contributed by atoms with E-state index >= 15 is 0 Å². The molecule has 0 amide bonds. The van der Waals surface area contributed by atoms with Gasteiger partial charge in [0.15, 0.2) is 11.6 Å². The van der Waals surface area contributed by atoms with E-state index < -0.39 is 0 Å². The standard InChI is InChI=1S/C12H18FNO2S/c1-7(14)5-8-6-9(15-2)12(17-4)10(13)11(8)16-3/h6-7H,5,14H2,1-4H3. The molecule has 1 unspecified atom stereocenters. The van der Waals surface area contributed by atoms with Gasteiger partial charge in [-0.1, -0.05) is 0 Å². The number of hydrogen-bond acceptors (Lipinski definition) is 4. The second-order valence-electron chi connectivity index (χ2n) is 3.80. The molecule has 17 heavy (non-hydrogen) atoms. The molecule has 0 aliphatic carbocycles. The van der Waals surface area contributed by atoms with Crippen LogP contribution in [0.5, 0.6) is 11.5 Å². The van der Waals surface area contributed by atoms with Crippen LogP contribution in [0.1, 0.15) is 12.5 Å². The molecule has 0 aliphatic heterocycles. The zero-order chi connectivity index (χ0) is 13.0. The predicted octanol–water partition coefficient (Wildman–Crippen LogP) is 2.45. The smallest absolute Gasteiger partial charge is 0.182 e. The molecular formula is C12H18FNO2S. The summed E-state index contributed by atoms with van der Waals surface area (Å²) in [6.07, 6.45) is 2.34. The van der Waals surface area contributed by atoms with Crippen LogP contribution in [-0.2, 0) is 6.42 Å². The van der Waals surface area contributed by atoms with Gasteiger partial charge in [-0.15, -0.1) is 11.8 Å². The molecule has 0 bridgehead atoms. The number of methoxy groups -OCH3 is 2. The van der Waals surface area contributed by atoms with E-state index in [-0.39, 0.29) is 17.6 Å². The lowest BCUT2D eigenvalue weighted by atomic mass is 10.1. The Morgan fingerprint density at radius 3 is 2.47 bits per heavy atom. The third-order valence-electron chi connectivity index (χ3n) is 2.39. The maximum atomic E-state index is 14.2. The van der Waals surface area contributed by atoms with Crippen LogP contribution in [0.3, 0.4) is 0 Å². The number of halogens is 1. The van der Waals surface area contributed by atoms with Crippen molar-refractivity contribution in [2.45, 2.75) is 24.3 Å². The first-order valence-electron chi connectivity index (χ1n) is 5.28. The maximum absolute atomic E-state index is 14.2. The first-order valence-corrected chi connectivity index (χ1v) is 6.50. The molecule has 0 saturated heterocycles. The van der Waals surface area contributed by atoms with Gasteiger partial charge in [0.25, 0.3) is 0 Å². The van der Waals surface area contributed by atoms with Crippen molar-refractivity contribution >= 4 is 11.8 Å². The van der Waals surface area contributed by atoms with Crippen molar-refractivity contribution in [1.82, 2.24) is 0 Å². The van der Waals surface area contributed by atoms with E-state index in [4.69, 9.17) is 15.2 Å². The molecule has 0 saturated carbocycles. The van der Waals surface area contributed by atoms with Crippen molar-refractivity contribution in [2.75, 3.05) is 20.5 Å². The summed E-state index contributed by atoms with van der Waals surface area (Å²) < 4.78 is 24.5. The highest BCUT2D eigenvalue weighted by Gasteiger charge is 2.19. The highest BCUT2D eigenvalue weighted by Crippen LogP contribution is 2.38. The van der Waals surface area contributed by atoms with Crippen LogP contribution in [0, 0.1) is 5.82 Å². The molecule has 2 N–H and O–H groups in total. The number of thioether (sulfide) groups is 1. The summed E-state index contributed by atoms with van der Waals surface area (Å²) in [4.78, 5) is 0.456. The van der Waals surface area contributed by atoms with E-state index in [1.165, 1.54) is 26.0 Å². The second kappa shape index (κ2) is 6.12. The van der Waals surface area contributed by atoms with E-state index in [0.29, 0.717) is 17.1 Å². The topological polar surface area (TPSA) is 44.5 Å². The van der Waals surface area contributed by atoms with Crippen molar-refractivity contribution in [3.8, 4) is 11.5 Å². The first kappa shape index (κ1) is 14.1. The van der Waals surface area contributed by atoms with Gasteiger partial charge >= 0.3 is 0 Å². The summed E-state index contributed by atoms with van der Waals surface area (Å²) >= 11 is 1.29. The number of rotatable bonds is 5. The maximum Gasteiger partial charge on any atom is 0.182 e. The van der Waals surface area contributed by atoms with Crippen LogP contribution in [0.4, 0.5) is 4.39 Å².